The largest absolute Gasteiger partial charge is 0.494 e. The molecule has 1 aromatic carbocycles. The zero-order valence-electron chi connectivity index (χ0n) is 13.2. The van der Waals surface area contributed by atoms with E-state index in [-0.39, 0.29) is 18.3 Å². The van der Waals surface area contributed by atoms with Crippen molar-refractivity contribution in [1.82, 2.24) is 10.2 Å². The molecule has 1 atom stereocenters. The van der Waals surface area contributed by atoms with Crippen molar-refractivity contribution in [3.8, 4) is 5.75 Å². The van der Waals surface area contributed by atoms with Gasteiger partial charge in [-0.3, -0.25) is 4.79 Å². The first-order valence-electron chi connectivity index (χ1n) is 7.54. The fourth-order valence-corrected chi connectivity index (χ4v) is 3.42. The van der Waals surface area contributed by atoms with Crippen molar-refractivity contribution in [3.63, 3.8) is 0 Å². The monoisotopic (exact) mass is 344 g/mol. The number of benzene rings is 1. The molecule has 1 aromatic rings. The Morgan fingerprint density at radius 3 is 2.77 bits per heavy atom. The van der Waals surface area contributed by atoms with E-state index in [9.17, 15) is 4.79 Å². The van der Waals surface area contributed by atoms with Gasteiger partial charge in [0, 0.05) is 24.0 Å². The van der Waals surface area contributed by atoms with Crippen LogP contribution in [0, 0.1) is 0 Å². The van der Waals surface area contributed by atoms with Gasteiger partial charge in [0.1, 0.15) is 5.75 Å². The molecular weight excluding hydrogens is 320 g/mol. The number of rotatable bonds is 7. The number of hydrogen-bond acceptors (Lipinski definition) is 4. The second kappa shape index (κ2) is 9.98. The van der Waals surface area contributed by atoms with Crippen molar-refractivity contribution in [2.75, 3.05) is 32.5 Å². The van der Waals surface area contributed by atoms with Crippen molar-refractivity contribution in [1.29, 1.82) is 0 Å². The van der Waals surface area contributed by atoms with Crippen LogP contribution in [0.2, 0.25) is 0 Å². The fraction of sp³-hybridized carbons (Fsp3) is 0.562. The molecule has 2 rings (SSSR count). The van der Waals surface area contributed by atoms with Crippen molar-refractivity contribution in [2.24, 2.45) is 0 Å². The maximum Gasteiger partial charge on any atom is 0.233 e. The molecule has 1 saturated heterocycles. The van der Waals surface area contributed by atoms with E-state index in [4.69, 9.17) is 4.74 Å². The van der Waals surface area contributed by atoms with Crippen LogP contribution in [0.25, 0.3) is 0 Å². The predicted octanol–water partition coefficient (Wildman–Crippen LogP) is 2.81. The maximum atomic E-state index is 12.3. The van der Waals surface area contributed by atoms with Crippen LogP contribution in [0.5, 0.6) is 5.75 Å². The highest BCUT2D eigenvalue weighted by molar-refractivity contribution is 8.00. The first-order chi connectivity index (χ1) is 10.2. The molecule has 1 heterocycles. The number of thioether (sulfide) groups is 1. The minimum Gasteiger partial charge on any atom is -0.494 e. The van der Waals surface area contributed by atoms with Crippen molar-refractivity contribution >= 4 is 30.1 Å². The zero-order chi connectivity index (χ0) is 15.1. The van der Waals surface area contributed by atoms with Gasteiger partial charge in [0.05, 0.1) is 12.4 Å². The summed E-state index contributed by atoms with van der Waals surface area (Å²) in [6.07, 6.45) is 2.23. The number of likely N-dealkylation sites (tertiary alicyclic amines) is 1. The third kappa shape index (κ3) is 5.38. The summed E-state index contributed by atoms with van der Waals surface area (Å²) in [6.45, 7) is 4.43. The van der Waals surface area contributed by atoms with Gasteiger partial charge in [-0.25, -0.2) is 0 Å². The number of nitrogens with one attached hydrogen (secondary N) is 1. The van der Waals surface area contributed by atoms with E-state index in [0.717, 1.165) is 36.6 Å². The highest BCUT2D eigenvalue weighted by Crippen LogP contribution is 2.24. The molecule has 0 aromatic heterocycles. The molecule has 1 aliphatic heterocycles. The highest BCUT2D eigenvalue weighted by Gasteiger charge is 2.27. The summed E-state index contributed by atoms with van der Waals surface area (Å²) in [4.78, 5) is 15.5. The smallest absolute Gasteiger partial charge is 0.233 e. The van der Waals surface area contributed by atoms with E-state index in [1.165, 1.54) is 0 Å². The minimum atomic E-state index is 0. The number of carbonyl (C=O) groups is 1. The predicted molar refractivity (Wildman–Crippen MR) is 94.2 cm³/mol. The lowest BCUT2D eigenvalue weighted by molar-refractivity contribution is -0.129. The molecule has 6 heteroatoms. The zero-order valence-corrected chi connectivity index (χ0v) is 14.8. The molecule has 1 fully saturated rings. The molecule has 0 radical (unpaired) electrons. The Labute approximate surface area is 143 Å². The summed E-state index contributed by atoms with van der Waals surface area (Å²) in [5.74, 6) is 1.63. The number of ether oxygens (including phenoxy) is 1. The lowest BCUT2D eigenvalue weighted by Gasteiger charge is -2.24. The summed E-state index contributed by atoms with van der Waals surface area (Å²) in [5.41, 5.74) is 0. The number of nitrogens with zero attached hydrogens (tertiary/aromatic N) is 1. The van der Waals surface area contributed by atoms with Crippen LogP contribution in [-0.2, 0) is 4.79 Å². The molecule has 124 valence electrons. The number of halogens is 1. The third-order valence-electron chi connectivity index (χ3n) is 3.63. The topological polar surface area (TPSA) is 41.6 Å². The van der Waals surface area contributed by atoms with E-state index in [1.54, 1.807) is 11.8 Å². The fourth-order valence-electron chi connectivity index (χ4n) is 2.64. The summed E-state index contributed by atoms with van der Waals surface area (Å²) in [7, 11) is 1.94. The van der Waals surface area contributed by atoms with Gasteiger partial charge in [0.25, 0.3) is 0 Å². The second-order valence-corrected chi connectivity index (χ2v) is 6.18. The van der Waals surface area contributed by atoms with Gasteiger partial charge in [-0.1, -0.05) is 0 Å². The Morgan fingerprint density at radius 1 is 1.41 bits per heavy atom. The summed E-state index contributed by atoms with van der Waals surface area (Å²) < 4.78 is 5.42. The van der Waals surface area contributed by atoms with Gasteiger partial charge in [-0.15, -0.1) is 24.2 Å². The summed E-state index contributed by atoms with van der Waals surface area (Å²) >= 11 is 1.60. The molecule has 1 amide bonds. The van der Waals surface area contributed by atoms with E-state index >= 15 is 0 Å². The third-order valence-corrected chi connectivity index (χ3v) is 4.63. The molecule has 0 aliphatic carbocycles. The van der Waals surface area contributed by atoms with Gasteiger partial charge in [0.15, 0.2) is 0 Å². The molecule has 0 spiro atoms. The van der Waals surface area contributed by atoms with Crippen LogP contribution < -0.4 is 10.1 Å². The SMILES string of the molecule is CCOc1ccc(SCC(=O)N2CCCC2CNC)cc1.Cl. The van der Waals surface area contributed by atoms with Crippen LogP contribution >= 0.6 is 24.2 Å². The summed E-state index contributed by atoms with van der Waals surface area (Å²) in [5, 5.41) is 3.17. The van der Waals surface area contributed by atoms with Gasteiger partial charge in [-0.2, -0.15) is 0 Å². The van der Waals surface area contributed by atoms with Crippen LogP contribution in [0.3, 0.4) is 0 Å². The molecule has 1 N–H and O–H groups in total. The second-order valence-electron chi connectivity index (χ2n) is 5.13. The van der Waals surface area contributed by atoms with Crippen molar-refractivity contribution in [2.45, 2.75) is 30.7 Å². The Balaban J connectivity index is 0.00000242. The molecule has 4 nitrogen and oxygen atoms in total. The lowest BCUT2D eigenvalue weighted by Crippen LogP contribution is -2.41. The number of hydrogen-bond donors (Lipinski definition) is 1. The Kier molecular flexibility index (Phi) is 8.68. The average Bonchev–Trinajstić information content (AvgIpc) is 2.95. The van der Waals surface area contributed by atoms with Gasteiger partial charge < -0.3 is 15.0 Å². The Bertz CT molecular complexity index is 456. The van der Waals surface area contributed by atoms with E-state index < -0.39 is 0 Å². The van der Waals surface area contributed by atoms with Crippen LogP contribution in [0.4, 0.5) is 0 Å². The van der Waals surface area contributed by atoms with Crippen LogP contribution in [0.15, 0.2) is 29.2 Å². The minimum absolute atomic E-state index is 0. The Morgan fingerprint density at radius 2 is 2.14 bits per heavy atom. The normalized spacial score (nSPS) is 17.2. The quantitative estimate of drug-likeness (QED) is 0.772. The van der Waals surface area contributed by atoms with E-state index in [0.29, 0.717) is 18.4 Å². The Hall–Kier alpha value is -0.910. The highest BCUT2D eigenvalue weighted by atomic mass is 35.5. The van der Waals surface area contributed by atoms with Gasteiger partial charge >= 0.3 is 0 Å². The molecular formula is C16H25ClN2O2S. The average molecular weight is 345 g/mol. The molecule has 1 aliphatic rings. The number of likely N-dealkylation sites (N-methyl/N-ethyl adjacent to an activating group) is 1. The van der Waals surface area contributed by atoms with E-state index in [2.05, 4.69) is 5.32 Å². The number of amides is 1. The maximum absolute atomic E-state index is 12.3. The molecule has 0 saturated carbocycles. The summed E-state index contributed by atoms with van der Waals surface area (Å²) in [6, 6.07) is 8.30. The lowest BCUT2D eigenvalue weighted by atomic mass is 10.2. The van der Waals surface area contributed by atoms with Crippen molar-refractivity contribution in [3.05, 3.63) is 24.3 Å². The number of carbonyl (C=O) groups excluding carboxylic acids is 1. The van der Waals surface area contributed by atoms with Gasteiger partial charge in [0.2, 0.25) is 5.91 Å². The van der Waals surface area contributed by atoms with Crippen LogP contribution in [-0.4, -0.2) is 49.3 Å². The standard InChI is InChI=1S/C16H24N2O2S.ClH/c1-3-20-14-6-8-15(9-7-14)21-12-16(19)18-10-4-5-13(18)11-17-2;/h6-9,13,17H,3-5,10-12H2,1-2H3;1H. The van der Waals surface area contributed by atoms with E-state index in [1.807, 2.05) is 43.1 Å². The molecule has 1 unspecified atom stereocenters. The first-order valence-corrected chi connectivity index (χ1v) is 8.53. The van der Waals surface area contributed by atoms with Gasteiger partial charge in [-0.05, 0) is 51.1 Å². The first kappa shape index (κ1) is 19.1. The van der Waals surface area contributed by atoms with Crippen LogP contribution in [0.1, 0.15) is 19.8 Å². The van der Waals surface area contributed by atoms with Crippen molar-refractivity contribution < 1.29 is 9.53 Å². The molecule has 22 heavy (non-hydrogen) atoms. The molecule has 0 bridgehead atoms.